The van der Waals surface area contributed by atoms with E-state index in [-0.39, 0.29) is 11.3 Å². The van der Waals surface area contributed by atoms with Crippen LogP contribution in [0.3, 0.4) is 0 Å². The molecule has 6 nitrogen and oxygen atoms in total. The number of likely N-dealkylation sites (tertiary alicyclic amines) is 1. The van der Waals surface area contributed by atoms with Crippen molar-refractivity contribution in [2.75, 3.05) is 45.8 Å². The number of hydrogen-bond acceptors (Lipinski definition) is 5. The van der Waals surface area contributed by atoms with Crippen LogP contribution in [0, 0.1) is 0 Å². The van der Waals surface area contributed by atoms with Crippen LogP contribution in [0.25, 0.3) is 0 Å². The van der Waals surface area contributed by atoms with Gasteiger partial charge in [0.15, 0.2) is 0 Å². The maximum Gasteiger partial charge on any atom is 0.236 e. The van der Waals surface area contributed by atoms with Gasteiger partial charge in [0.25, 0.3) is 0 Å². The minimum Gasteiger partial charge on any atom is -0.447 e. The van der Waals surface area contributed by atoms with Crippen LogP contribution in [0.1, 0.15) is 45.2 Å². The monoisotopic (exact) mass is 334 g/mol. The van der Waals surface area contributed by atoms with Crippen molar-refractivity contribution in [1.82, 2.24) is 19.7 Å². The molecule has 3 rings (SSSR count). The third kappa shape index (κ3) is 4.36. The fraction of sp³-hybridized carbons (Fsp3) is 0.778. The predicted molar refractivity (Wildman–Crippen MR) is 92.7 cm³/mol. The molecule has 1 amide bonds. The van der Waals surface area contributed by atoms with Gasteiger partial charge in [0.05, 0.1) is 18.8 Å². The van der Waals surface area contributed by atoms with E-state index >= 15 is 0 Å². The molecule has 0 N–H and O–H groups in total. The molecule has 0 unspecified atom stereocenters. The van der Waals surface area contributed by atoms with E-state index in [4.69, 9.17) is 4.42 Å². The molecule has 1 aromatic rings. The Morgan fingerprint density at radius 3 is 2.33 bits per heavy atom. The first-order valence-electron chi connectivity index (χ1n) is 9.09. The quantitative estimate of drug-likeness (QED) is 0.839. The van der Waals surface area contributed by atoms with Crippen LogP contribution in [0.4, 0.5) is 0 Å². The Hall–Kier alpha value is -1.40. The number of nitrogens with zero attached hydrogens (tertiary/aromatic N) is 4. The van der Waals surface area contributed by atoms with Crippen LogP contribution in [-0.4, -0.2) is 71.4 Å². The second kappa shape index (κ2) is 7.23. The summed E-state index contributed by atoms with van der Waals surface area (Å²) in [4.78, 5) is 23.6. The van der Waals surface area contributed by atoms with Crippen molar-refractivity contribution in [3.05, 3.63) is 17.8 Å². The molecule has 24 heavy (non-hydrogen) atoms. The molecule has 2 saturated heterocycles. The van der Waals surface area contributed by atoms with Crippen molar-refractivity contribution < 1.29 is 9.21 Å². The summed E-state index contributed by atoms with van der Waals surface area (Å²) in [5, 5.41) is 0. The zero-order valence-corrected chi connectivity index (χ0v) is 15.3. The summed E-state index contributed by atoms with van der Waals surface area (Å²) in [5.41, 5.74) is 1.01. The number of piperazine rings is 1. The van der Waals surface area contributed by atoms with E-state index in [0.29, 0.717) is 6.54 Å². The maximum absolute atomic E-state index is 12.4. The second-order valence-corrected chi connectivity index (χ2v) is 8.02. The van der Waals surface area contributed by atoms with Crippen LogP contribution in [0.2, 0.25) is 0 Å². The van der Waals surface area contributed by atoms with Crippen molar-refractivity contribution in [3.8, 4) is 0 Å². The van der Waals surface area contributed by atoms with Crippen molar-refractivity contribution in [2.24, 2.45) is 0 Å². The average molecular weight is 334 g/mol. The zero-order chi connectivity index (χ0) is 17.2. The van der Waals surface area contributed by atoms with E-state index < -0.39 is 0 Å². The molecule has 2 aliphatic rings. The third-order valence-electron chi connectivity index (χ3n) is 4.96. The first-order chi connectivity index (χ1) is 11.4. The van der Waals surface area contributed by atoms with Gasteiger partial charge in [-0.15, -0.1) is 0 Å². The first-order valence-corrected chi connectivity index (χ1v) is 9.09. The summed E-state index contributed by atoms with van der Waals surface area (Å²) in [6, 6.07) is 0. The van der Waals surface area contributed by atoms with Gasteiger partial charge in [0.1, 0.15) is 6.26 Å². The summed E-state index contributed by atoms with van der Waals surface area (Å²) in [7, 11) is 0. The Kier molecular flexibility index (Phi) is 5.25. The van der Waals surface area contributed by atoms with Gasteiger partial charge in [0, 0.05) is 31.6 Å². The van der Waals surface area contributed by atoms with Gasteiger partial charge in [-0.3, -0.25) is 14.6 Å². The van der Waals surface area contributed by atoms with Crippen molar-refractivity contribution in [3.63, 3.8) is 0 Å². The van der Waals surface area contributed by atoms with Crippen LogP contribution in [-0.2, 0) is 16.8 Å². The third-order valence-corrected chi connectivity index (χ3v) is 4.96. The van der Waals surface area contributed by atoms with Gasteiger partial charge >= 0.3 is 0 Å². The molecule has 134 valence electrons. The molecule has 1 aromatic heterocycles. The standard InChI is InChI=1S/C18H30N4O2/c1-18(2,3)15-14-24-16(19-15)12-21-8-10-22(11-9-21)17(23)13-20-6-4-5-7-20/h14H,4-13H2,1-3H3. The molecule has 0 bridgehead atoms. The van der Waals surface area contributed by atoms with Crippen LogP contribution in [0.15, 0.2) is 10.7 Å². The number of carbonyl (C=O) groups excluding carboxylic acids is 1. The molecule has 0 aliphatic carbocycles. The summed E-state index contributed by atoms with van der Waals surface area (Å²) in [5.74, 6) is 1.06. The molecule has 2 fully saturated rings. The summed E-state index contributed by atoms with van der Waals surface area (Å²) >= 11 is 0. The van der Waals surface area contributed by atoms with E-state index in [2.05, 4.69) is 35.6 Å². The van der Waals surface area contributed by atoms with Crippen LogP contribution >= 0.6 is 0 Å². The van der Waals surface area contributed by atoms with Crippen LogP contribution < -0.4 is 0 Å². The molecule has 2 aliphatic heterocycles. The molecule has 0 saturated carbocycles. The molecular formula is C18H30N4O2. The normalized spacial score (nSPS) is 20.7. The lowest BCUT2D eigenvalue weighted by atomic mass is 9.93. The highest BCUT2D eigenvalue weighted by Crippen LogP contribution is 2.21. The summed E-state index contributed by atoms with van der Waals surface area (Å²) < 4.78 is 5.62. The lowest BCUT2D eigenvalue weighted by molar-refractivity contribution is -0.134. The Labute approximate surface area is 144 Å². The van der Waals surface area contributed by atoms with Gasteiger partial charge in [-0.2, -0.15) is 0 Å². The topological polar surface area (TPSA) is 52.8 Å². The van der Waals surface area contributed by atoms with Gasteiger partial charge in [0.2, 0.25) is 11.8 Å². The van der Waals surface area contributed by atoms with Gasteiger partial charge < -0.3 is 9.32 Å². The average Bonchev–Trinajstić information content (AvgIpc) is 3.19. The Bertz CT molecular complexity index is 550. The van der Waals surface area contributed by atoms with E-state index in [1.165, 1.54) is 12.8 Å². The molecule has 0 spiro atoms. The Balaban J connectivity index is 1.45. The largest absolute Gasteiger partial charge is 0.447 e. The van der Waals surface area contributed by atoms with Gasteiger partial charge in [-0.1, -0.05) is 20.8 Å². The van der Waals surface area contributed by atoms with E-state index in [0.717, 1.165) is 57.4 Å². The van der Waals surface area contributed by atoms with Gasteiger partial charge in [-0.05, 0) is 25.9 Å². The maximum atomic E-state index is 12.4. The highest BCUT2D eigenvalue weighted by molar-refractivity contribution is 5.78. The highest BCUT2D eigenvalue weighted by atomic mass is 16.3. The number of hydrogen-bond donors (Lipinski definition) is 0. The van der Waals surface area contributed by atoms with Crippen molar-refractivity contribution in [1.29, 1.82) is 0 Å². The molecular weight excluding hydrogens is 304 g/mol. The fourth-order valence-electron chi connectivity index (χ4n) is 3.31. The number of rotatable bonds is 4. The number of carbonyl (C=O) groups is 1. The smallest absolute Gasteiger partial charge is 0.236 e. The number of aromatic nitrogens is 1. The molecule has 0 atom stereocenters. The zero-order valence-electron chi connectivity index (χ0n) is 15.3. The van der Waals surface area contributed by atoms with E-state index in [1.807, 2.05) is 4.90 Å². The second-order valence-electron chi connectivity index (χ2n) is 8.02. The number of amides is 1. The molecule has 3 heterocycles. The van der Waals surface area contributed by atoms with Crippen LogP contribution in [0.5, 0.6) is 0 Å². The van der Waals surface area contributed by atoms with Crippen molar-refractivity contribution >= 4 is 5.91 Å². The minimum atomic E-state index is 0.0163. The number of oxazole rings is 1. The predicted octanol–water partition coefficient (Wildman–Crippen LogP) is 1.71. The Morgan fingerprint density at radius 2 is 1.75 bits per heavy atom. The summed E-state index contributed by atoms with van der Waals surface area (Å²) in [6.07, 6.45) is 4.23. The molecule has 6 heteroatoms. The van der Waals surface area contributed by atoms with E-state index in [1.54, 1.807) is 6.26 Å². The van der Waals surface area contributed by atoms with E-state index in [9.17, 15) is 4.79 Å². The fourth-order valence-corrected chi connectivity index (χ4v) is 3.31. The molecule has 0 radical (unpaired) electrons. The SMILES string of the molecule is CC(C)(C)c1coc(CN2CCN(C(=O)CN3CCCC3)CC2)n1. The Morgan fingerprint density at radius 1 is 1.08 bits per heavy atom. The van der Waals surface area contributed by atoms with Crippen molar-refractivity contribution in [2.45, 2.75) is 45.6 Å². The van der Waals surface area contributed by atoms with Gasteiger partial charge in [-0.25, -0.2) is 4.98 Å². The summed E-state index contributed by atoms with van der Waals surface area (Å²) in [6.45, 7) is 13.3. The lowest BCUT2D eigenvalue weighted by Gasteiger charge is -2.34. The minimum absolute atomic E-state index is 0.0163. The molecule has 0 aromatic carbocycles. The first kappa shape index (κ1) is 17.4. The highest BCUT2D eigenvalue weighted by Gasteiger charge is 2.25. The lowest BCUT2D eigenvalue weighted by Crippen LogP contribution is -2.50.